The minimum Gasteiger partial charge on any atom is -0.500 e. The summed E-state index contributed by atoms with van der Waals surface area (Å²) in [5, 5.41) is 26.7. The monoisotopic (exact) mass is 381 g/mol. The number of phenolic OH excluding ortho intramolecular Hbond substituents is 1. The highest BCUT2D eigenvalue weighted by molar-refractivity contribution is 6.32. The van der Waals surface area contributed by atoms with E-state index in [2.05, 4.69) is 5.10 Å². The van der Waals surface area contributed by atoms with Crippen LogP contribution in [0.25, 0.3) is 6.08 Å². The summed E-state index contributed by atoms with van der Waals surface area (Å²) in [6.45, 7) is 5.63. The molecule has 3 rings (SSSR count). The van der Waals surface area contributed by atoms with Gasteiger partial charge in [-0.3, -0.25) is 14.9 Å². The molecule has 0 unspecified atom stereocenters. The van der Waals surface area contributed by atoms with Crippen LogP contribution in [-0.4, -0.2) is 28.8 Å². The van der Waals surface area contributed by atoms with Crippen molar-refractivity contribution in [1.29, 1.82) is 0 Å². The number of nitro groups is 1. The zero-order chi connectivity index (χ0) is 20.6. The van der Waals surface area contributed by atoms with Gasteiger partial charge in [0.2, 0.25) is 5.75 Å². The minimum atomic E-state index is -0.710. The van der Waals surface area contributed by atoms with Gasteiger partial charge in [0.25, 0.3) is 5.91 Å². The van der Waals surface area contributed by atoms with E-state index < -0.39 is 16.4 Å². The fraction of sp³-hybridized carbons (Fsp3) is 0.200. The molecule has 2 aromatic carbocycles. The van der Waals surface area contributed by atoms with Crippen molar-refractivity contribution in [1.82, 2.24) is 0 Å². The molecule has 0 spiro atoms. The Hall–Kier alpha value is -3.68. The fourth-order valence-corrected chi connectivity index (χ4v) is 2.88. The van der Waals surface area contributed by atoms with Gasteiger partial charge in [0, 0.05) is 6.07 Å². The topological polar surface area (TPSA) is 105 Å². The molecule has 1 heterocycles. The van der Waals surface area contributed by atoms with Crippen molar-refractivity contribution < 1.29 is 19.6 Å². The summed E-state index contributed by atoms with van der Waals surface area (Å²) < 4.78 is 5.00. The number of phenols is 1. The highest BCUT2D eigenvalue weighted by atomic mass is 16.6. The number of methoxy groups -OCH3 is 1. The van der Waals surface area contributed by atoms with Crippen LogP contribution < -0.4 is 9.75 Å². The Morgan fingerprint density at radius 2 is 1.89 bits per heavy atom. The van der Waals surface area contributed by atoms with Gasteiger partial charge in [-0.15, -0.1) is 0 Å². The first-order valence-electron chi connectivity index (χ1n) is 8.47. The molecular formula is C20H19N3O5. The van der Waals surface area contributed by atoms with Crippen LogP contribution in [0.4, 0.5) is 11.4 Å². The zero-order valence-corrected chi connectivity index (χ0v) is 15.9. The molecule has 1 aliphatic heterocycles. The molecule has 1 aliphatic rings. The molecule has 1 amide bonds. The van der Waals surface area contributed by atoms with Gasteiger partial charge in [-0.05, 0) is 61.7 Å². The number of nitrogens with zero attached hydrogens (tertiary/aromatic N) is 3. The van der Waals surface area contributed by atoms with E-state index in [-0.39, 0.29) is 11.7 Å². The number of hydrazone groups is 1. The van der Waals surface area contributed by atoms with E-state index in [1.807, 2.05) is 32.0 Å². The molecule has 0 atom stereocenters. The lowest BCUT2D eigenvalue weighted by Gasteiger charge is -2.13. The zero-order valence-electron chi connectivity index (χ0n) is 15.9. The maximum absolute atomic E-state index is 12.9. The molecule has 0 saturated heterocycles. The van der Waals surface area contributed by atoms with Crippen LogP contribution >= 0.6 is 0 Å². The smallest absolute Gasteiger partial charge is 0.315 e. The molecule has 0 bridgehead atoms. The maximum atomic E-state index is 12.9. The average molecular weight is 381 g/mol. The lowest BCUT2D eigenvalue weighted by atomic mass is 10.1. The van der Waals surface area contributed by atoms with E-state index in [0.29, 0.717) is 22.5 Å². The lowest BCUT2D eigenvalue weighted by Crippen LogP contribution is -2.21. The van der Waals surface area contributed by atoms with Crippen molar-refractivity contribution in [2.24, 2.45) is 5.10 Å². The van der Waals surface area contributed by atoms with Crippen molar-refractivity contribution in [3.05, 3.63) is 62.7 Å². The second-order valence-corrected chi connectivity index (χ2v) is 6.48. The number of aryl methyl sites for hydroxylation is 2. The molecule has 28 heavy (non-hydrogen) atoms. The second kappa shape index (κ2) is 7.15. The third-order valence-corrected chi connectivity index (χ3v) is 4.60. The number of anilines is 1. The summed E-state index contributed by atoms with van der Waals surface area (Å²) >= 11 is 0. The van der Waals surface area contributed by atoms with Gasteiger partial charge in [0.05, 0.1) is 29.0 Å². The van der Waals surface area contributed by atoms with Crippen molar-refractivity contribution >= 4 is 29.1 Å². The maximum Gasteiger partial charge on any atom is 0.315 e. The predicted molar refractivity (Wildman–Crippen MR) is 106 cm³/mol. The van der Waals surface area contributed by atoms with Gasteiger partial charge < -0.3 is 9.84 Å². The van der Waals surface area contributed by atoms with Crippen molar-refractivity contribution in [2.45, 2.75) is 20.8 Å². The van der Waals surface area contributed by atoms with Gasteiger partial charge >= 0.3 is 5.69 Å². The second-order valence-electron chi connectivity index (χ2n) is 6.48. The summed E-state index contributed by atoms with van der Waals surface area (Å²) in [4.78, 5) is 23.4. The van der Waals surface area contributed by atoms with Gasteiger partial charge in [0.1, 0.15) is 0 Å². The molecule has 0 radical (unpaired) electrons. The SMILES string of the molecule is COc1cc(C=C2C(=O)N(c3ccc(C)c(C)c3)N=C2C)cc([N+](=O)[O-])c1O. The fourth-order valence-electron chi connectivity index (χ4n) is 2.88. The van der Waals surface area contributed by atoms with Crippen LogP contribution in [-0.2, 0) is 4.79 Å². The number of hydrogen-bond donors (Lipinski definition) is 1. The number of carbonyl (C=O) groups excluding carboxylic acids is 1. The third-order valence-electron chi connectivity index (χ3n) is 4.60. The molecule has 1 N–H and O–H groups in total. The Morgan fingerprint density at radius 1 is 1.18 bits per heavy atom. The minimum absolute atomic E-state index is 0.0490. The number of carbonyl (C=O) groups is 1. The molecule has 2 aromatic rings. The highest BCUT2D eigenvalue weighted by Crippen LogP contribution is 2.38. The van der Waals surface area contributed by atoms with Crippen molar-refractivity contribution in [3.8, 4) is 11.5 Å². The first kappa shape index (κ1) is 19.1. The van der Waals surface area contributed by atoms with Gasteiger partial charge in [0.15, 0.2) is 5.75 Å². The van der Waals surface area contributed by atoms with Crippen LogP contribution in [0.2, 0.25) is 0 Å². The van der Waals surface area contributed by atoms with Crippen LogP contribution in [0.5, 0.6) is 11.5 Å². The number of ether oxygens (including phenoxy) is 1. The summed E-state index contributed by atoms with van der Waals surface area (Å²) in [6.07, 6.45) is 1.50. The molecule has 8 nitrogen and oxygen atoms in total. The number of amides is 1. The van der Waals surface area contributed by atoms with Crippen LogP contribution in [0.3, 0.4) is 0 Å². The lowest BCUT2D eigenvalue weighted by molar-refractivity contribution is -0.386. The first-order valence-corrected chi connectivity index (χ1v) is 8.47. The largest absolute Gasteiger partial charge is 0.500 e. The van der Waals surface area contributed by atoms with Gasteiger partial charge in [-0.25, -0.2) is 0 Å². The summed E-state index contributed by atoms with van der Waals surface area (Å²) in [7, 11) is 1.30. The van der Waals surface area contributed by atoms with Crippen molar-refractivity contribution in [2.75, 3.05) is 12.1 Å². The Bertz CT molecular complexity index is 1060. The van der Waals surface area contributed by atoms with E-state index in [0.717, 1.165) is 11.1 Å². The van der Waals surface area contributed by atoms with E-state index in [9.17, 15) is 20.0 Å². The molecular weight excluding hydrogens is 362 g/mol. The third kappa shape index (κ3) is 3.32. The van der Waals surface area contributed by atoms with Gasteiger partial charge in [-0.1, -0.05) is 6.07 Å². The molecule has 8 heteroatoms. The normalized spacial score (nSPS) is 15.1. The van der Waals surface area contributed by atoms with Crippen LogP contribution in [0, 0.1) is 24.0 Å². The molecule has 0 fully saturated rings. The molecule has 0 aromatic heterocycles. The standard InChI is InChI=1S/C20H19N3O5/c1-11-5-6-15(7-12(11)2)22-20(25)16(13(3)21-22)8-14-9-17(23(26)27)19(24)18(10-14)28-4/h5-10,24H,1-4H3. The van der Waals surface area contributed by atoms with Crippen LogP contribution in [0.1, 0.15) is 23.6 Å². The van der Waals surface area contributed by atoms with E-state index >= 15 is 0 Å². The number of aromatic hydroxyl groups is 1. The van der Waals surface area contributed by atoms with Gasteiger partial charge in [-0.2, -0.15) is 10.1 Å². The summed E-state index contributed by atoms with van der Waals surface area (Å²) in [5.74, 6) is -0.947. The van der Waals surface area contributed by atoms with E-state index in [1.54, 1.807) is 6.92 Å². The number of benzene rings is 2. The molecule has 144 valence electrons. The number of hydrogen-bond acceptors (Lipinski definition) is 6. The molecule has 0 saturated carbocycles. The Kier molecular flexibility index (Phi) is 4.87. The quantitative estimate of drug-likeness (QED) is 0.493. The average Bonchev–Trinajstić information content (AvgIpc) is 2.93. The summed E-state index contributed by atoms with van der Waals surface area (Å²) in [6, 6.07) is 8.22. The predicted octanol–water partition coefficient (Wildman–Crippen LogP) is 3.73. The van der Waals surface area contributed by atoms with E-state index in [4.69, 9.17) is 4.74 Å². The Morgan fingerprint density at radius 3 is 2.50 bits per heavy atom. The summed E-state index contributed by atoms with van der Waals surface area (Å²) in [5.41, 5.74) is 3.42. The Labute approximate surface area is 161 Å². The first-order chi connectivity index (χ1) is 13.2. The number of nitro benzene ring substituents is 1. The Balaban J connectivity index is 2.03. The van der Waals surface area contributed by atoms with E-state index in [1.165, 1.54) is 30.3 Å². The van der Waals surface area contributed by atoms with Crippen LogP contribution in [0.15, 0.2) is 41.0 Å². The molecule has 0 aliphatic carbocycles. The number of rotatable bonds is 4. The highest BCUT2D eigenvalue weighted by Gasteiger charge is 2.29. The van der Waals surface area contributed by atoms with Crippen molar-refractivity contribution in [3.63, 3.8) is 0 Å².